The van der Waals surface area contributed by atoms with Crippen LogP contribution in [0.25, 0.3) is 0 Å². The molecule has 32 heavy (non-hydrogen) atoms. The number of benzene rings is 2. The van der Waals surface area contributed by atoms with Gasteiger partial charge in [-0.25, -0.2) is 0 Å². The molecule has 1 aliphatic rings. The van der Waals surface area contributed by atoms with Crippen LogP contribution in [-0.4, -0.2) is 34.7 Å². The van der Waals surface area contributed by atoms with Gasteiger partial charge < -0.3 is 15.5 Å². The first kappa shape index (κ1) is 23.5. The lowest BCUT2D eigenvalue weighted by Crippen LogP contribution is -2.61. The summed E-state index contributed by atoms with van der Waals surface area (Å²) in [5, 5.41) is 5.77. The van der Waals surface area contributed by atoms with Crippen molar-refractivity contribution in [3.63, 3.8) is 0 Å². The van der Waals surface area contributed by atoms with Crippen LogP contribution in [0, 0.1) is 13.8 Å². The molecule has 0 heterocycles. The van der Waals surface area contributed by atoms with Crippen molar-refractivity contribution in [3.05, 3.63) is 65.2 Å². The summed E-state index contributed by atoms with van der Waals surface area (Å²) in [5.41, 5.74) is 2.77. The van der Waals surface area contributed by atoms with E-state index in [-0.39, 0.29) is 24.3 Å². The SMILES string of the molecule is CC(=O)NCC(=O)N(Cc1ccccc1)C1(C(=O)Nc2c(C)cccc2C)CCCCC1. The van der Waals surface area contributed by atoms with E-state index in [0.29, 0.717) is 19.4 Å². The third-order valence-electron chi connectivity index (χ3n) is 6.31. The molecule has 0 unspecified atom stereocenters. The van der Waals surface area contributed by atoms with E-state index >= 15 is 0 Å². The summed E-state index contributed by atoms with van der Waals surface area (Å²) in [6.07, 6.45) is 3.99. The zero-order valence-corrected chi connectivity index (χ0v) is 19.2. The number of hydrogen-bond donors (Lipinski definition) is 2. The Morgan fingerprint density at radius 1 is 0.906 bits per heavy atom. The van der Waals surface area contributed by atoms with E-state index in [2.05, 4.69) is 10.6 Å². The second-order valence-corrected chi connectivity index (χ2v) is 8.69. The molecule has 2 aromatic carbocycles. The van der Waals surface area contributed by atoms with Crippen LogP contribution in [0.4, 0.5) is 5.69 Å². The maximum atomic E-state index is 13.9. The van der Waals surface area contributed by atoms with E-state index in [1.54, 1.807) is 4.90 Å². The van der Waals surface area contributed by atoms with Gasteiger partial charge >= 0.3 is 0 Å². The van der Waals surface area contributed by atoms with Crippen LogP contribution >= 0.6 is 0 Å². The monoisotopic (exact) mass is 435 g/mol. The van der Waals surface area contributed by atoms with Gasteiger partial charge in [0, 0.05) is 19.2 Å². The van der Waals surface area contributed by atoms with Gasteiger partial charge in [-0.3, -0.25) is 14.4 Å². The zero-order chi connectivity index (χ0) is 23.1. The van der Waals surface area contributed by atoms with Gasteiger partial charge in [0.1, 0.15) is 5.54 Å². The molecule has 170 valence electrons. The summed E-state index contributed by atoms with van der Waals surface area (Å²) in [7, 11) is 0. The standard InChI is InChI=1S/C26H33N3O3/c1-19-11-10-12-20(2)24(19)28-25(32)26(15-8-5-9-16-26)29(23(31)17-27-21(3)30)18-22-13-6-4-7-14-22/h4,6-7,10-14H,5,8-9,15-18H2,1-3H3,(H,27,30)(H,28,32). The number of carbonyl (C=O) groups is 3. The molecule has 0 atom stereocenters. The minimum Gasteiger partial charge on any atom is -0.347 e. The largest absolute Gasteiger partial charge is 0.347 e. The Labute approximate surface area is 190 Å². The molecule has 3 rings (SSSR count). The molecule has 0 bridgehead atoms. The second-order valence-electron chi connectivity index (χ2n) is 8.69. The van der Waals surface area contributed by atoms with Crippen LogP contribution in [0.3, 0.4) is 0 Å². The number of amides is 3. The van der Waals surface area contributed by atoms with E-state index in [0.717, 1.165) is 41.6 Å². The number of rotatable bonds is 7. The molecule has 2 aromatic rings. The summed E-state index contributed by atoms with van der Waals surface area (Å²) in [5.74, 6) is -0.667. The van der Waals surface area contributed by atoms with Gasteiger partial charge in [0.2, 0.25) is 17.7 Å². The molecular formula is C26H33N3O3. The van der Waals surface area contributed by atoms with Gasteiger partial charge in [0.05, 0.1) is 6.54 Å². The molecule has 1 aliphatic carbocycles. The quantitative estimate of drug-likeness (QED) is 0.687. The molecule has 0 aliphatic heterocycles. The van der Waals surface area contributed by atoms with Crippen molar-refractivity contribution >= 4 is 23.4 Å². The van der Waals surface area contributed by atoms with Gasteiger partial charge in [0.15, 0.2) is 0 Å². The van der Waals surface area contributed by atoms with E-state index in [1.165, 1.54) is 6.92 Å². The Bertz CT molecular complexity index is 945. The Hall–Kier alpha value is -3.15. The summed E-state index contributed by atoms with van der Waals surface area (Å²) >= 11 is 0. The highest BCUT2D eigenvalue weighted by atomic mass is 16.2. The van der Waals surface area contributed by atoms with Gasteiger partial charge in [-0.15, -0.1) is 0 Å². The lowest BCUT2D eigenvalue weighted by atomic mass is 9.78. The molecule has 6 heteroatoms. The van der Waals surface area contributed by atoms with Crippen LogP contribution in [-0.2, 0) is 20.9 Å². The van der Waals surface area contributed by atoms with Crippen molar-refractivity contribution in [2.45, 2.75) is 65.0 Å². The molecule has 0 saturated heterocycles. The average molecular weight is 436 g/mol. The molecule has 3 amide bonds. The minimum absolute atomic E-state index is 0.124. The number of anilines is 1. The van der Waals surface area contributed by atoms with Crippen molar-refractivity contribution in [2.24, 2.45) is 0 Å². The Balaban J connectivity index is 1.99. The van der Waals surface area contributed by atoms with Crippen LogP contribution in [0.1, 0.15) is 55.7 Å². The second kappa shape index (κ2) is 10.4. The first-order valence-electron chi connectivity index (χ1n) is 11.3. The normalized spacial score (nSPS) is 15.0. The number of nitrogens with one attached hydrogen (secondary N) is 2. The fraction of sp³-hybridized carbons (Fsp3) is 0.423. The maximum Gasteiger partial charge on any atom is 0.250 e. The van der Waals surface area contributed by atoms with Crippen molar-refractivity contribution in [1.29, 1.82) is 0 Å². The zero-order valence-electron chi connectivity index (χ0n) is 19.2. The highest BCUT2D eigenvalue weighted by molar-refractivity contribution is 6.02. The molecule has 0 spiro atoms. The minimum atomic E-state index is -0.960. The summed E-state index contributed by atoms with van der Waals surface area (Å²) in [4.78, 5) is 40.4. The van der Waals surface area contributed by atoms with E-state index in [1.807, 2.05) is 62.4 Å². The van der Waals surface area contributed by atoms with Crippen LogP contribution in [0.15, 0.2) is 48.5 Å². The molecule has 0 radical (unpaired) electrons. The molecular weight excluding hydrogens is 402 g/mol. The Morgan fingerprint density at radius 3 is 2.12 bits per heavy atom. The van der Waals surface area contributed by atoms with Gasteiger partial charge in [0.25, 0.3) is 0 Å². The fourth-order valence-electron chi connectivity index (χ4n) is 4.54. The number of aryl methyl sites for hydroxylation is 2. The predicted octanol–water partition coefficient (Wildman–Crippen LogP) is 4.11. The van der Waals surface area contributed by atoms with E-state index < -0.39 is 5.54 Å². The topological polar surface area (TPSA) is 78.5 Å². The number of nitrogens with zero attached hydrogens (tertiary/aromatic N) is 1. The van der Waals surface area contributed by atoms with Gasteiger partial charge in [-0.1, -0.05) is 67.8 Å². The number of carbonyl (C=O) groups excluding carboxylic acids is 3. The Kier molecular flexibility index (Phi) is 7.67. The van der Waals surface area contributed by atoms with Crippen molar-refractivity contribution in [2.75, 3.05) is 11.9 Å². The highest BCUT2D eigenvalue weighted by Gasteiger charge is 2.47. The fourth-order valence-corrected chi connectivity index (χ4v) is 4.54. The molecule has 1 saturated carbocycles. The maximum absolute atomic E-state index is 13.9. The van der Waals surface area contributed by atoms with E-state index in [4.69, 9.17) is 0 Å². The lowest BCUT2D eigenvalue weighted by Gasteiger charge is -2.45. The summed E-state index contributed by atoms with van der Waals surface area (Å²) in [6, 6.07) is 15.6. The summed E-state index contributed by atoms with van der Waals surface area (Å²) in [6.45, 7) is 5.53. The van der Waals surface area contributed by atoms with Crippen molar-refractivity contribution in [3.8, 4) is 0 Å². The lowest BCUT2D eigenvalue weighted by molar-refractivity contribution is -0.148. The highest BCUT2D eigenvalue weighted by Crippen LogP contribution is 2.37. The first-order valence-corrected chi connectivity index (χ1v) is 11.3. The number of para-hydroxylation sites is 1. The predicted molar refractivity (Wildman–Crippen MR) is 126 cm³/mol. The van der Waals surface area contributed by atoms with Crippen LogP contribution in [0.5, 0.6) is 0 Å². The average Bonchev–Trinajstić information content (AvgIpc) is 2.79. The molecule has 6 nitrogen and oxygen atoms in total. The third-order valence-corrected chi connectivity index (χ3v) is 6.31. The smallest absolute Gasteiger partial charge is 0.250 e. The Morgan fingerprint density at radius 2 is 1.53 bits per heavy atom. The van der Waals surface area contributed by atoms with E-state index in [9.17, 15) is 14.4 Å². The summed E-state index contributed by atoms with van der Waals surface area (Å²) < 4.78 is 0. The van der Waals surface area contributed by atoms with Gasteiger partial charge in [-0.2, -0.15) is 0 Å². The van der Waals surface area contributed by atoms with Crippen LogP contribution in [0.2, 0.25) is 0 Å². The third kappa shape index (κ3) is 5.36. The molecule has 2 N–H and O–H groups in total. The van der Waals surface area contributed by atoms with Crippen molar-refractivity contribution < 1.29 is 14.4 Å². The van der Waals surface area contributed by atoms with Crippen LogP contribution < -0.4 is 10.6 Å². The number of hydrogen-bond acceptors (Lipinski definition) is 3. The molecule has 1 fully saturated rings. The molecule has 0 aromatic heterocycles. The van der Waals surface area contributed by atoms with Gasteiger partial charge in [-0.05, 0) is 43.4 Å². The van der Waals surface area contributed by atoms with Crippen molar-refractivity contribution in [1.82, 2.24) is 10.2 Å². The first-order chi connectivity index (χ1) is 15.3.